The fraction of sp³-hybridized carbons (Fsp3) is 0.750. The topological polar surface area (TPSA) is 36.8 Å². The van der Waals surface area contributed by atoms with E-state index in [0.717, 1.165) is 24.7 Å². The van der Waals surface area contributed by atoms with E-state index in [4.69, 9.17) is 0 Å². The molecule has 4 heteroatoms. The smallest absolute Gasteiger partial charge is 0.0914 e. The fourth-order valence-corrected chi connectivity index (χ4v) is 2.70. The van der Waals surface area contributed by atoms with Crippen molar-refractivity contribution in [1.82, 2.24) is 5.32 Å². The van der Waals surface area contributed by atoms with Gasteiger partial charge in [0.05, 0.1) is 22.7 Å². The lowest BCUT2D eigenvalue weighted by molar-refractivity contribution is 0.561. The van der Waals surface area contributed by atoms with Crippen LogP contribution in [0.3, 0.4) is 0 Å². The molecule has 0 bridgehead atoms. The van der Waals surface area contributed by atoms with Crippen molar-refractivity contribution in [3.63, 3.8) is 0 Å². The van der Waals surface area contributed by atoms with E-state index in [1.54, 1.807) is 0 Å². The molecular weight excluding hydrogens is 266 g/mol. The number of allylic oxidation sites excluding steroid dienone is 1. The Morgan fingerprint density at radius 1 is 1.30 bits per heavy atom. The van der Waals surface area contributed by atoms with Crippen LogP contribution in [0.25, 0.3) is 0 Å². The van der Waals surface area contributed by atoms with Crippen LogP contribution in [0.15, 0.2) is 22.6 Å². The van der Waals surface area contributed by atoms with E-state index in [9.17, 15) is 0 Å². The second-order valence-electron chi connectivity index (χ2n) is 6.08. The van der Waals surface area contributed by atoms with Crippen LogP contribution in [0.2, 0.25) is 0 Å². The summed E-state index contributed by atoms with van der Waals surface area (Å²) >= 11 is 1.89. The predicted octanol–water partition coefficient (Wildman–Crippen LogP) is 3.77. The van der Waals surface area contributed by atoms with Gasteiger partial charge in [-0.25, -0.2) is 0 Å². The summed E-state index contributed by atoms with van der Waals surface area (Å²) in [4.78, 5) is 9.03. The first-order valence-corrected chi connectivity index (χ1v) is 8.55. The Hall–Kier alpha value is -0.770. The number of nitrogens with zero attached hydrogens (tertiary/aromatic N) is 2. The van der Waals surface area contributed by atoms with E-state index in [-0.39, 0.29) is 0 Å². The van der Waals surface area contributed by atoms with E-state index >= 15 is 0 Å². The van der Waals surface area contributed by atoms with Gasteiger partial charge < -0.3 is 5.32 Å². The SMILES string of the molecule is C=CC(=NCC(C)C)C1SC1N/C=N/CCCC(C)C. The molecule has 20 heavy (non-hydrogen) atoms. The molecule has 2 unspecified atom stereocenters. The molecule has 0 saturated carbocycles. The zero-order chi connectivity index (χ0) is 15.0. The summed E-state index contributed by atoms with van der Waals surface area (Å²) in [5, 5.41) is 4.22. The largest absolute Gasteiger partial charge is 0.363 e. The van der Waals surface area contributed by atoms with Gasteiger partial charge in [-0.05, 0) is 30.8 Å². The molecule has 1 fully saturated rings. The molecule has 1 aliphatic heterocycles. The zero-order valence-electron chi connectivity index (χ0n) is 13.3. The highest BCUT2D eigenvalue weighted by atomic mass is 32.2. The molecule has 0 aromatic heterocycles. The van der Waals surface area contributed by atoms with Gasteiger partial charge in [0, 0.05) is 13.1 Å². The van der Waals surface area contributed by atoms with Crippen molar-refractivity contribution >= 4 is 23.8 Å². The molecule has 1 heterocycles. The Labute approximate surface area is 128 Å². The lowest BCUT2D eigenvalue weighted by Crippen LogP contribution is -2.21. The second-order valence-corrected chi connectivity index (χ2v) is 7.37. The molecule has 1 saturated heterocycles. The third kappa shape index (κ3) is 7.13. The van der Waals surface area contributed by atoms with Crippen molar-refractivity contribution in [2.24, 2.45) is 21.8 Å². The highest BCUT2D eigenvalue weighted by Gasteiger charge is 2.40. The van der Waals surface area contributed by atoms with Crippen molar-refractivity contribution in [2.75, 3.05) is 13.1 Å². The first-order valence-electron chi connectivity index (χ1n) is 7.61. The minimum absolute atomic E-state index is 0.424. The average Bonchev–Trinajstić information content (AvgIpc) is 3.13. The first-order chi connectivity index (χ1) is 9.54. The maximum absolute atomic E-state index is 4.62. The van der Waals surface area contributed by atoms with Crippen molar-refractivity contribution in [3.05, 3.63) is 12.7 Å². The second kappa shape index (κ2) is 9.22. The fourth-order valence-electron chi connectivity index (χ4n) is 1.80. The van der Waals surface area contributed by atoms with Crippen LogP contribution in [0.5, 0.6) is 0 Å². The lowest BCUT2D eigenvalue weighted by Gasteiger charge is -2.02. The van der Waals surface area contributed by atoms with Gasteiger partial charge in [-0.2, -0.15) is 0 Å². The Bertz CT molecular complexity index is 348. The summed E-state index contributed by atoms with van der Waals surface area (Å²) in [6.45, 7) is 14.5. The number of aliphatic imine (C=N–C) groups is 2. The molecular formula is C16H29N3S. The van der Waals surface area contributed by atoms with E-state index in [0.29, 0.717) is 16.5 Å². The Morgan fingerprint density at radius 2 is 2.05 bits per heavy atom. The van der Waals surface area contributed by atoms with E-state index in [2.05, 4.69) is 49.6 Å². The molecule has 114 valence electrons. The molecule has 1 N–H and O–H groups in total. The van der Waals surface area contributed by atoms with Crippen LogP contribution in [-0.4, -0.2) is 35.8 Å². The van der Waals surface area contributed by atoms with Gasteiger partial charge in [0.1, 0.15) is 0 Å². The summed E-state index contributed by atoms with van der Waals surface area (Å²) < 4.78 is 0. The van der Waals surface area contributed by atoms with Gasteiger partial charge in [-0.1, -0.05) is 34.3 Å². The van der Waals surface area contributed by atoms with Crippen molar-refractivity contribution in [2.45, 2.75) is 51.2 Å². The van der Waals surface area contributed by atoms with E-state index in [1.165, 1.54) is 12.8 Å². The van der Waals surface area contributed by atoms with Crippen LogP contribution in [0.4, 0.5) is 0 Å². The predicted molar refractivity (Wildman–Crippen MR) is 93.1 cm³/mol. The van der Waals surface area contributed by atoms with Crippen LogP contribution >= 0.6 is 11.8 Å². The highest BCUT2D eigenvalue weighted by Crippen LogP contribution is 2.40. The molecule has 1 aliphatic rings. The normalized spacial score (nSPS) is 22.8. The summed E-state index contributed by atoms with van der Waals surface area (Å²) in [6.07, 6.45) is 6.17. The molecule has 0 aromatic rings. The van der Waals surface area contributed by atoms with Crippen LogP contribution in [0, 0.1) is 11.8 Å². The first kappa shape index (κ1) is 17.3. The number of rotatable bonds is 10. The number of thioether (sulfide) groups is 1. The Morgan fingerprint density at radius 3 is 2.65 bits per heavy atom. The summed E-state index contributed by atoms with van der Waals surface area (Å²) in [6, 6.07) is 0. The van der Waals surface area contributed by atoms with E-state index < -0.39 is 0 Å². The Kier molecular flexibility index (Phi) is 7.97. The van der Waals surface area contributed by atoms with Crippen LogP contribution < -0.4 is 5.32 Å². The van der Waals surface area contributed by atoms with Crippen molar-refractivity contribution in [3.8, 4) is 0 Å². The maximum Gasteiger partial charge on any atom is 0.0914 e. The van der Waals surface area contributed by atoms with Gasteiger partial charge in [0.25, 0.3) is 0 Å². The molecule has 3 nitrogen and oxygen atoms in total. The molecule has 0 amide bonds. The minimum atomic E-state index is 0.424. The number of hydrogen-bond donors (Lipinski definition) is 1. The van der Waals surface area contributed by atoms with Crippen molar-refractivity contribution in [1.29, 1.82) is 0 Å². The monoisotopic (exact) mass is 295 g/mol. The van der Waals surface area contributed by atoms with Gasteiger partial charge >= 0.3 is 0 Å². The van der Waals surface area contributed by atoms with Gasteiger partial charge in [-0.15, -0.1) is 11.8 Å². The molecule has 0 aromatic carbocycles. The maximum atomic E-state index is 4.62. The van der Waals surface area contributed by atoms with Gasteiger partial charge in [0.2, 0.25) is 0 Å². The molecule has 2 atom stereocenters. The molecule has 0 spiro atoms. The zero-order valence-corrected chi connectivity index (χ0v) is 14.1. The molecule has 0 aliphatic carbocycles. The van der Waals surface area contributed by atoms with Crippen molar-refractivity contribution < 1.29 is 0 Å². The standard InChI is InChI=1S/C16H29N3S/c1-6-14(18-10-13(4)5)15-16(20-15)19-11-17-9-7-8-12(2)3/h6,11-13,15-16H,1,7-10H2,2-5H3,(H,17,19). The molecule has 1 rings (SSSR count). The van der Waals surface area contributed by atoms with Crippen LogP contribution in [-0.2, 0) is 0 Å². The minimum Gasteiger partial charge on any atom is -0.363 e. The quantitative estimate of drug-likeness (QED) is 0.288. The van der Waals surface area contributed by atoms with Crippen LogP contribution in [0.1, 0.15) is 40.5 Å². The Balaban J connectivity index is 2.20. The van der Waals surface area contributed by atoms with Gasteiger partial charge in [-0.3, -0.25) is 9.98 Å². The number of hydrogen-bond acceptors (Lipinski definition) is 3. The lowest BCUT2D eigenvalue weighted by atomic mass is 10.1. The molecule has 0 radical (unpaired) electrons. The summed E-state index contributed by atoms with van der Waals surface area (Å²) in [5.41, 5.74) is 1.12. The average molecular weight is 295 g/mol. The third-order valence-corrected chi connectivity index (χ3v) is 4.22. The number of nitrogens with one attached hydrogen (secondary N) is 1. The third-order valence-electron chi connectivity index (χ3n) is 3.03. The van der Waals surface area contributed by atoms with Gasteiger partial charge in [0.15, 0.2) is 0 Å². The van der Waals surface area contributed by atoms with E-state index in [1.807, 2.05) is 24.2 Å². The summed E-state index contributed by atoms with van der Waals surface area (Å²) in [5.74, 6) is 1.37. The highest BCUT2D eigenvalue weighted by molar-refractivity contribution is 8.08. The summed E-state index contributed by atoms with van der Waals surface area (Å²) in [7, 11) is 0.